The Morgan fingerprint density at radius 1 is 1.26 bits per heavy atom. The van der Waals surface area contributed by atoms with Crippen LogP contribution in [-0.2, 0) is 4.74 Å². The summed E-state index contributed by atoms with van der Waals surface area (Å²) in [7, 11) is 0. The number of aromatic carboxylic acids is 1. The topological polar surface area (TPSA) is 88.5 Å². The van der Waals surface area contributed by atoms with E-state index in [1.807, 2.05) is 0 Å². The fourth-order valence-electron chi connectivity index (χ4n) is 1.71. The van der Waals surface area contributed by atoms with E-state index in [0.717, 1.165) is 11.3 Å². The molecule has 0 saturated heterocycles. The second kappa shape index (κ2) is 6.33. The van der Waals surface area contributed by atoms with Crippen LogP contribution >= 0.6 is 11.3 Å². The van der Waals surface area contributed by atoms with Gasteiger partial charge in [0.1, 0.15) is 16.3 Å². The third-order valence-electron chi connectivity index (χ3n) is 2.55. The molecule has 0 fully saturated rings. The summed E-state index contributed by atoms with van der Waals surface area (Å²) < 4.78 is 18.1. The molecule has 0 aliphatic rings. The summed E-state index contributed by atoms with van der Waals surface area (Å²) in [6.07, 6.45) is -0.728. The molecule has 0 spiro atoms. The Bertz CT molecular complexity index is 735. The van der Waals surface area contributed by atoms with Crippen LogP contribution in [0.15, 0.2) is 24.3 Å². The number of benzene rings is 1. The maximum atomic E-state index is 13.0. The number of carboxylic acid groups (broad SMARTS) is 1. The Kier molecular flexibility index (Phi) is 4.65. The van der Waals surface area contributed by atoms with Crippen molar-refractivity contribution in [3.63, 3.8) is 0 Å². The number of ether oxygens (including phenoxy) is 1. The summed E-state index contributed by atoms with van der Waals surface area (Å²) >= 11 is 0.805. The van der Waals surface area contributed by atoms with Gasteiger partial charge in [0.05, 0.1) is 5.69 Å². The molecule has 2 aromatic rings. The highest BCUT2D eigenvalue weighted by Crippen LogP contribution is 2.31. The number of aromatic nitrogens is 1. The normalized spacial score (nSPS) is 11.1. The van der Waals surface area contributed by atoms with E-state index in [1.165, 1.54) is 24.3 Å². The molecule has 2 rings (SSSR count). The summed E-state index contributed by atoms with van der Waals surface area (Å²) in [5, 5.41) is 11.8. The maximum Gasteiger partial charge on any atom is 0.413 e. The summed E-state index contributed by atoms with van der Waals surface area (Å²) in [4.78, 5) is 27.1. The average molecular weight is 338 g/mol. The highest BCUT2D eigenvalue weighted by Gasteiger charge is 2.22. The van der Waals surface area contributed by atoms with Gasteiger partial charge >= 0.3 is 12.1 Å². The molecule has 8 heteroatoms. The molecule has 0 unspecified atom stereocenters. The van der Waals surface area contributed by atoms with E-state index < -0.39 is 23.5 Å². The number of halogens is 1. The molecule has 0 aliphatic carbocycles. The van der Waals surface area contributed by atoms with Crippen molar-refractivity contribution >= 4 is 28.5 Å². The first-order valence-electron chi connectivity index (χ1n) is 6.66. The molecule has 0 radical (unpaired) electrons. The lowest BCUT2D eigenvalue weighted by Crippen LogP contribution is -2.27. The van der Waals surface area contributed by atoms with Crippen molar-refractivity contribution in [3.05, 3.63) is 35.0 Å². The predicted molar refractivity (Wildman–Crippen MR) is 84.3 cm³/mol. The average Bonchev–Trinajstić information content (AvgIpc) is 2.81. The number of nitrogens with one attached hydrogen (secondary N) is 1. The highest BCUT2D eigenvalue weighted by molar-refractivity contribution is 7.18. The lowest BCUT2D eigenvalue weighted by molar-refractivity contribution is 0.0634. The van der Waals surface area contributed by atoms with Crippen LogP contribution in [0, 0.1) is 5.82 Å². The van der Waals surface area contributed by atoms with Crippen LogP contribution in [0.1, 0.15) is 30.4 Å². The molecule has 0 aliphatic heterocycles. The number of carbonyl (C=O) groups excluding carboxylic acids is 1. The Morgan fingerprint density at radius 2 is 1.87 bits per heavy atom. The minimum atomic E-state index is -1.18. The van der Waals surface area contributed by atoms with E-state index in [4.69, 9.17) is 4.74 Å². The van der Waals surface area contributed by atoms with Crippen LogP contribution < -0.4 is 5.32 Å². The van der Waals surface area contributed by atoms with E-state index in [2.05, 4.69) is 10.3 Å². The molecule has 0 atom stereocenters. The number of carboxylic acids is 1. The first-order chi connectivity index (χ1) is 10.7. The van der Waals surface area contributed by atoms with Crippen LogP contribution in [0.25, 0.3) is 11.3 Å². The Balaban J connectivity index is 2.30. The van der Waals surface area contributed by atoms with Gasteiger partial charge in [-0.05, 0) is 45.0 Å². The summed E-state index contributed by atoms with van der Waals surface area (Å²) in [6.45, 7) is 5.13. The van der Waals surface area contributed by atoms with Gasteiger partial charge in [-0.15, -0.1) is 0 Å². The van der Waals surface area contributed by atoms with Gasteiger partial charge in [-0.3, -0.25) is 5.32 Å². The van der Waals surface area contributed by atoms with Crippen molar-refractivity contribution in [2.45, 2.75) is 26.4 Å². The molecule has 1 amide bonds. The Labute approximate surface area is 135 Å². The van der Waals surface area contributed by atoms with E-state index in [1.54, 1.807) is 20.8 Å². The molecule has 2 N–H and O–H groups in total. The number of carbonyl (C=O) groups is 2. The van der Waals surface area contributed by atoms with Gasteiger partial charge in [-0.1, -0.05) is 11.3 Å². The van der Waals surface area contributed by atoms with E-state index in [0.29, 0.717) is 5.56 Å². The molecule has 0 saturated carbocycles. The van der Waals surface area contributed by atoms with Crippen molar-refractivity contribution in [1.82, 2.24) is 4.98 Å². The summed E-state index contributed by atoms with van der Waals surface area (Å²) in [5.41, 5.74) is -0.0811. The van der Waals surface area contributed by atoms with Crippen molar-refractivity contribution < 1.29 is 23.8 Å². The standard InChI is InChI=1S/C15H15FN2O4S/c1-15(2,3)22-14(21)18-13-17-10(11(23-13)12(19)20)8-4-6-9(16)7-5-8/h4-7H,1-3H3,(H,19,20)(H,17,18,21). The molecule has 23 heavy (non-hydrogen) atoms. The second-order valence-corrected chi connectivity index (χ2v) is 6.63. The minimum absolute atomic E-state index is 0.0531. The first kappa shape index (κ1) is 16.9. The zero-order valence-electron chi connectivity index (χ0n) is 12.7. The molecule has 6 nitrogen and oxygen atoms in total. The van der Waals surface area contributed by atoms with Crippen LogP contribution in [-0.4, -0.2) is 27.8 Å². The number of hydrogen-bond donors (Lipinski definition) is 2. The summed E-state index contributed by atoms with van der Waals surface area (Å²) in [6, 6.07) is 5.27. The molecule has 0 bridgehead atoms. The lowest BCUT2D eigenvalue weighted by Gasteiger charge is -2.18. The quantitative estimate of drug-likeness (QED) is 0.883. The van der Waals surface area contributed by atoms with E-state index >= 15 is 0 Å². The number of thiazole rings is 1. The molecule has 122 valence electrons. The highest BCUT2D eigenvalue weighted by atomic mass is 32.1. The van der Waals surface area contributed by atoms with Gasteiger partial charge in [-0.2, -0.15) is 0 Å². The van der Waals surface area contributed by atoms with E-state index in [-0.39, 0.29) is 15.7 Å². The second-order valence-electron chi connectivity index (χ2n) is 5.64. The molecule has 1 heterocycles. The zero-order chi connectivity index (χ0) is 17.2. The predicted octanol–water partition coefficient (Wildman–Crippen LogP) is 3.99. The first-order valence-corrected chi connectivity index (χ1v) is 7.47. The van der Waals surface area contributed by atoms with Gasteiger partial charge in [0.2, 0.25) is 0 Å². The fourth-order valence-corrected chi connectivity index (χ4v) is 2.53. The van der Waals surface area contributed by atoms with Crippen molar-refractivity contribution in [1.29, 1.82) is 0 Å². The smallest absolute Gasteiger partial charge is 0.413 e. The number of hydrogen-bond acceptors (Lipinski definition) is 5. The van der Waals surface area contributed by atoms with Crippen LogP contribution in [0.5, 0.6) is 0 Å². The van der Waals surface area contributed by atoms with Gasteiger partial charge < -0.3 is 9.84 Å². The minimum Gasteiger partial charge on any atom is -0.477 e. The number of amides is 1. The monoisotopic (exact) mass is 338 g/mol. The largest absolute Gasteiger partial charge is 0.477 e. The van der Waals surface area contributed by atoms with Gasteiger partial charge in [-0.25, -0.2) is 19.0 Å². The number of nitrogens with zero attached hydrogens (tertiary/aromatic N) is 1. The number of anilines is 1. The summed E-state index contributed by atoms with van der Waals surface area (Å²) in [5.74, 6) is -1.62. The van der Waals surface area contributed by atoms with Gasteiger partial charge in [0, 0.05) is 5.56 Å². The van der Waals surface area contributed by atoms with Gasteiger partial charge in [0.15, 0.2) is 5.13 Å². The number of rotatable bonds is 3. The third-order valence-corrected chi connectivity index (χ3v) is 3.51. The molecule has 1 aromatic carbocycles. The third kappa shape index (κ3) is 4.49. The fraction of sp³-hybridized carbons (Fsp3) is 0.267. The van der Waals surface area contributed by atoms with Crippen molar-refractivity contribution in [2.75, 3.05) is 5.32 Å². The molecular formula is C15H15FN2O4S. The molecular weight excluding hydrogens is 323 g/mol. The molecule has 1 aromatic heterocycles. The van der Waals surface area contributed by atoms with Crippen molar-refractivity contribution in [3.8, 4) is 11.3 Å². The SMILES string of the molecule is CC(C)(C)OC(=O)Nc1nc(-c2ccc(F)cc2)c(C(=O)O)s1. The van der Waals surface area contributed by atoms with Crippen LogP contribution in [0.4, 0.5) is 14.3 Å². The van der Waals surface area contributed by atoms with E-state index in [9.17, 15) is 19.1 Å². The zero-order valence-corrected chi connectivity index (χ0v) is 13.5. The van der Waals surface area contributed by atoms with Gasteiger partial charge in [0.25, 0.3) is 0 Å². The maximum absolute atomic E-state index is 13.0. The Morgan fingerprint density at radius 3 is 2.39 bits per heavy atom. The Hall–Kier alpha value is -2.48. The van der Waals surface area contributed by atoms with Crippen LogP contribution in [0.2, 0.25) is 0 Å². The van der Waals surface area contributed by atoms with Crippen molar-refractivity contribution in [2.24, 2.45) is 0 Å². The van der Waals surface area contributed by atoms with Crippen LogP contribution in [0.3, 0.4) is 0 Å². The lowest BCUT2D eigenvalue weighted by atomic mass is 10.1.